The van der Waals surface area contributed by atoms with Crippen LogP contribution in [0.4, 0.5) is 20.8 Å². The third-order valence-corrected chi connectivity index (χ3v) is 5.56. The van der Waals surface area contributed by atoms with Crippen molar-refractivity contribution >= 4 is 34.5 Å². The van der Waals surface area contributed by atoms with Crippen LogP contribution in [0, 0.1) is 5.82 Å². The number of aromatic nitrogens is 3. The average Bonchev–Trinajstić information content (AvgIpc) is 3.22. The molecule has 0 saturated carbocycles. The molecule has 1 fully saturated rings. The molecule has 0 spiro atoms. The topological polar surface area (TPSA) is 137 Å². The van der Waals surface area contributed by atoms with Gasteiger partial charge in [0.1, 0.15) is 12.7 Å². The molecule has 35 heavy (non-hydrogen) atoms. The van der Waals surface area contributed by atoms with E-state index >= 15 is 0 Å². The van der Waals surface area contributed by atoms with E-state index in [9.17, 15) is 18.8 Å². The second kappa shape index (κ2) is 9.18. The first-order valence-corrected chi connectivity index (χ1v) is 10.8. The summed E-state index contributed by atoms with van der Waals surface area (Å²) >= 11 is 0. The van der Waals surface area contributed by atoms with E-state index < -0.39 is 18.0 Å². The number of nitrogens with zero attached hydrogens (tertiary/aromatic N) is 4. The van der Waals surface area contributed by atoms with Gasteiger partial charge in [-0.05, 0) is 18.2 Å². The van der Waals surface area contributed by atoms with Crippen LogP contribution in [0.2, 0.25) is 0 Å². The zero-order valence-electron chi connectivity index (χ0n) is 18.6. The highest BCUT2D eigenvalue weighted by molar-refractivity contribution is 5.94. The monoisotopic (exact) mass is 484 g/mol. The largest absolute Gasteiger partial charge is 0.487 e. The number of carbonyl (C=O) groups is 2. The van der Waals surface area contributed by atoms with E-state index in [0.717, 1.165) is 0 Å². The normalized spacial score (nSPS) is 17.1. The average molecular weight is 484 g/mol. The number of hydrogen-bond donors (Lipinski definition) is 2. The van der Waals surface area contributed by atoms with Gasteiger partial charge in [0.05, 0.1) is 18.3 Å². The number of nitrogens with one attached hydrogen (secondary N) is 2. The van der Waals surface area contributed by atoms with Gasteiger partial charge in [0.15, 0.2) is 29.8 Å². The van der Waals surface area contributed by atoms with Crippen molar-refractivity contribution in [3.8, 4) is 11.6 Å². The molecule has 5 rings (SSSR count). The first-order chi connectivity index (χ1) is 16.9. The van der Waals surface area contributed by atoms with Gasteiger partial charge in [-0.1, -0.05) is 0 Å². The van der Waals surface area contributed by atoms with E-state index in [0.29, 0.717) is 24.0 Å². The first kappa shape index (κ1) is 22.5. The predicted octanol–water partition coefficient (Wildman–Crippen LogP) is 0.792. The Labute approximate surface area is 197 Å². The lowest BCUT2D eigenvalue weighted by Gasteiger charge is -2.18. The number of carbonyl (C=O) groups excluding carboxylic acids is 2. The van der Waals surface area contributed by atoms with Crippen molar-refractivity contribution in [3.05, 3.63) is 46.6 Å². The highest BCUT2D eigenvalue weighted by Crippen LogP contribution is 2.28. The summed E-state index contributed by atoms with van der Waals surface area (Å²) in [4.78, 5) is 45.4. The molecule has 0 radical (unpaired) electrons. The Morgan fingerprint density at radius 1 is 1.26 bits per heavy atom. The Balaban J connectivity index is 1.15. The summed E-state index contributed by atoms with van der Waals surface area (Å²) in [5.74, 6) is -0.368. The quantitative estimate of drug-likeness (QED) is 0.467. The van der Waals surface area contributed by atoms with Crippen molar-refractivity contribution in [1.29, 1.82) is 0 Å². The van der Waals surface area contributed by atoms with Crippen molar-refractivity contribution in [2.24, 2.45) is 7.05 Å². The van der Waals surface area contributed by atoms with Crippen LogP contribution < -0.4 is 30.6 Å². The van der Waals surface area contributed by atoms with Crippen molar-refractivity contribution in [2.75, 3.05) is 43.1 Å². The molecule has 2 aliphatic rings. The number of benzene rings is 1. The Bertz CT molecular complexity index is 1380. The molecule has 0 bridgehead atoms. The number of halogens is 1. The summed E-state index contributed by atoms with van der Waals surface area (Å²) in [5.41, 5.74) is 0.114. The fourth-order valence-corrected chi connectivity index (χ4v) is 3.85. The first-order valence-electron chi connectivity index (χ1n) is 10.8. The van der Waals surface area contributed by atoms with Crippen molar-refractivity contribution in [1.82, 2.24) is 19.9 Å². The molecular weight excluding hydrogens is 463 g/mol. The molecule has 0 aliphatic carbocycles. The lowest BCUT2D eigenvalue weighted by molar-refractivity contribution is -0.118. The van der Waals surface area contributed by atoms with Crippen molar-refractivity contribution < 1.29 is 28.2 Å². The van der Waals surface area contributed by atoms with Crippen LogP contribution in [0.3, 0.4) is 0 Å². The van der Waals surface area contributed by atoms with Gasteiger partial charge < -0.3 is 29.4 Å². The molecule has 182 valence electrons. The van der Waals surface area contributed by atoms with E-state index in [2.05, 4.69) is 20.6 Å². The van der Waals surface area contributed by atoms with Crippen molar-refractivity contribution in [2.45, 2.75) is 6.10 Å². The van der Waals surface area contributed by atoms with Gasteiger partial charge in [-0.3, -0.25) is 14.5 Å². The van der Waals surface area contributed by atoms with Gasteiger partial charge in [-0.25, -0.2) is 19.2 Å². The summed E-state index contributed by atoms with van der Waals surface area (Å²) in [6.07, 6.45) is 0.304. The number of anilines is 2. The van der Waals surface area contributed by atoms with E-state index in [1.54, 1.807) is 19.2 Å². The van der Waals surface area contributed by atoms with Gasteiger partial charge in [-0.15, -0.1) is 0 Å². The van der Waals surface area contributed by atoms with Crippen LogP contribution >= 0.6 is 0 Å². The Hall–Kier alpha value is -4.26. The van der Waals surface area contributed by atoms with E-state index in [-0.39, 0.29) is 54.5 Å². The van der Waals surface area contributed by atoms with Crippen LogP contribution in [0.5, 0.6) is 11.6 Å². The number of hydrogen-bond acceptors (Lipinski definition) is 9. The maximum atomic E-state index is 14.4. The molecule has 4 heterocycles. The second-order valence-corrected chi connectivity index (χ2v) is 7.93. The molecule has 2 aromatic heterocycles. The maximum absolute atomic E-state index is 14.4. The molecule has 2 aliphatic heterocycles. The van der Waals surface area contributed by atoms with Crippen LogP contribution in [0.1, 0.15) is 0 Å². The fraction of sp³-hybridized carbons (Fsp3) is 0.318. The molecular formula is C22H21FN6O6. The van der Waals surface area contributed by atoms with Gasteiger partial charge in [0, 0.05) is 31.6 Å². The van der Waals surface area contributed by atoms with Gasteiger partial charge >= 0.3 is 6.09 Å². The number of pyridine rings is 1. The second-order valence-electron chi connectivity index (χ2n) is 7.93. The zero-order chi connectivity index (χ0) is 24.5. The molecule has 3 aromatic rings. The number of cyclic esters (lactones) is 1. The predicted molar refractivity (Wildman–Crippen MR) is 121 cm³/mol. The molecule has 1 saturated heterocycles. The van der Waals surface area contributed by atoms with Gasteiger partial charge in [0.25, 0.3) is 17.3 Å². The molecule has 0 unspecified atom stereocenters. The summed E-state index contributed by atoms with van der Waals surface area (Å²) in [6.45, 7) is 0.858. The van der Waals surface area contributed by atoms with Crippen LogP contribution in [0.25, 0.3) is 10.9 Å². The summed E-state index contributed by atoms with van der Waals surface area (Å²) < 4.78 is 31.9. The summed E-state index contributed by atoms with van der Waals surface area (Å²) in [5, 5.41) is 6.34. The number of rotatable bonds is 7. The molecule has 1 atom stereocenters. The summed E-state index contributed by atoms with van der Waals surface area (Å²) in [7, 11) is 1.56. The Morgan fingerprint density at radius 2 is 2.09 bits per heavy atom. The van der Waals surface area contributed by atoms with Crippen LogP contribution in [-0.4, -0.2) is 65.5 Å². The molecule has 1 aromatic carbocycles. The fourth-order valence-electron chi connectivity index (χ4n) is 3.85. The number of aryl methyl sites for hydroxylation is 1. The molecule has 13 heteroatoms. The van der Waals surface area contributed by atoms with Gasteiger partial charge in [0.2, 0.25) is 0 Å². The third kappa shape index (κ3) is 4.45. The SMILES string of the molecule is Cn1c(=O)ccc2ccc(F)c(OCCNC[C@H]3CN(c4cnc5c(n4)NC(=O)CO5)C(=O)O3)c21. The standard InChI is InChI=1S/C22H21FN6O6/c1-28-17(31)5-3-12-2-4-14(23)19(18(12)28)33-7-6-24-8-13-10-29(22(32)35-13)15-9-25-21-20(26-15)27-16(30)11-34-21/h2-5,9,13,24H,6-8,10-11H2,1H3,(H,26,27,30)/t13-/m0/s1. The number of fused-ring (bicyclic) bond motifs is 2. The molecule has 2 amide bonds. The molecule has 2 N–H and O–H groups in total. The number of ether oxygens (including phenoxy) is 3. The lowest BCUT2D eigenvalue weighted by Crippen LogP contribution is -2.33. The number of amides is 2. The Kier molecular flexibility index (Phi) is 5.91. The summed E-state index contributed by atoms with van der Waals surface area (Å²) in [6, 6.07) is 5.92. The zero-order valence-corrected chi connectivity index (χ0v) is 18.6. The lowest BCUT2D eigenvalue weighted by atomic mass is 10.2. The minimum Gasteiger partial charge on any atom is -0.487 e. The Morgan fingerprint density at radius 3 is 2.94 bits per heavy atom. The van der Waals surface area contributed by atoms with Crippen LogP contribution in [0.15, 0.2) is 35.3 Å². The minimum absolute atomic E-state index is 0.00465. The van der Waals surface area contributed by atoms with E-state index in [1.165, 1.54) is 27.8 Å². The van der Waals surface area contributed by atoms with Crippen molar-refractivity contribution in [3.63, 3.8) is 0 Å². The highest BCUT2D eigenvalue weighted by Gasteiger charge is 2.34. The third-order valence-electron chi connectivity index (χ3n) is 5.56. The maximum Gasteiger partial charge on any atom is 0.416 e. The smallest absolute Gasteiger partial charge is 0.416 e. The van der Waals surface area contributed by atoms with E-state index in [1.807, 2.05) is 0 Å². The minimum atomic E-state index is -0.593. The van der Waals surface area contributed by atoms with E-state index in [4.69, 9.17) is 14.2 Å². The highest BCUT2D eigenvalue weighted by atomic mass is 19.1. The van der Waals surface area contributed by atoms with Crippen LogP contribution in [-0.2, 0) is 16.6 Å². The van der Waals surface area contributed by atoms with Gasteiger partial charge in [-0.2, -0.15) is 0 Å². The molecule has 12 nitrogen and oxygen atoms in total.